The van der Waals surface area contributed by atoms with Gasteiger partial charge >= 0.3 is 0 Å². The Hall–Kier alpha value is -2.42. The van der Waals surface area contributed by atoms with Crippen molar-refractivity contribution >= 4 is 43.5 Å². The number of aryl methyl sites for hydroxylation is 1. The Bertz CT molecular complexity index is 1050. The summed E-state index contributed by atoms with van der Waals surface area (Å²) >= 11 is 7.02. The molecule has 0 aliphatic rings. The SMILES string of the molecule is Cc1ccc(/C(C#N)=C/c2cc(Br)cc(Br)c2OCc2ccc(F)cc2)cc1. The Balaban J connectivity index is 1.96. The normalized spacial score (nSPS) is 11.2. The van der Waals surface area contributed by atoms with Crippen LogP contribution in [0.5, 0.6) is 5.75 Å². The van der Waals surface area contributed by atoms with Crippen LogP contribution in [0.3, 0.4) is 0 Å². The van der Waals surface area contributed by atoms with E-state index in [2.05, 4.69) is 37.9 Å². The van der Waals surface area contributed by atoms with Gasteiger partial charge in [-0.15, -0.1) is 0 Å². The molecule has 0 aliphatic heterocycles. The highest BCUT2D eigenvalue weighted by Gasteiger charge is 2.11. The summed E-state index contributed by atoms with van der Waals surface area (Å²) in [6.07, 6.45) is 1.81. The first-order valence-electron chi connectivity index (χ1n) is 8.51. The van der Waals surface area contributed by atoms with Crippen molar-refractivity contribution in [3.8, 4) is 11.8 Å². The Labute approximate surface area is 180 Å². The Morgan fingerprint density at radius 1 is 1.07 bits per heavy atom. The third kappa shape index (κ3) is 5.09. The lowest BCUT2D eigenvalue weighted by molar-refractivity contribution is 0.303. The molecule has 3 aromatic carbocycles. The molecular weight excluding hydrogens is 485 g/mol. The van der Waals surface area contributed by atoms with E-state index in [1.165, 1.54) is 12.1 Å². The summed E-state index contributed by atoms with van der Waals surface area (Å²) in [6.45, 7) is 2.29. The largest absolute Gasteiger partial charge is 0.487 e. The summed E-state index contributed by atoms with van der Waals surface area (Å²) in [7, 11) is 0. The number of allylic oxidation sites excluding steroid dienone is 1. The van der Waals surface area contributed by atoms with E-state index in [-0.39, 0.29) is 12.4 Å². The maximum atomic E-state index is 13.1. The summed E-state index contributed by atoms with van der Waals surface area (Å²) in [5.74, 6) is 0.335. The van der Waals surface area contributed by atoms with Crippen molar-refractivity contribution < 1.29 is 9.13 Å². The van der Waals surface area contributed by atoms with Gasteiger partial charge in [0.05, 0.1) is 16.1 Å². The molecule has 28 heavy (non-hydrogen) atoms. The zero-order valence-electron chi connectivity index (χ0n) is 15.0. The summed E-state index contributed by atoms with van der Waals surface area (Å²) in [4.78, 5) is 0. The van der Waals surface area contributed by atoms with Crippen molar-refractivity contribution in [2.24, 2.45) is 0 Å². The van der Waals surface area contributed by atoms with Gasteiger partial charge in [0.2, 0.25) is 0 Å². The molecule has 0 heterocycles. The topological polar surface area (TPSA) is 33.0 Å². The average molecular weight is 501 g/mol. The van der Waals surface area contributed by atoms with Crippen LogP contribution >= 0.6 is 31.9 Å². The molecule has 0 saturated heterocycles. The molecule has 140 valence electrons. The van der Waals surface area contributed by atoms with Gasteiger partial charge in [0, 0.05) is 10.0 Å². The van der Waals surface area contributed by atoms with Gasteiger partial charge in [-0.25, -0.2) is 4.39 Å². The maximum absolute atomic E-state index is 13.1. The lowest BCUT2D eigenvalue weighted by Crippen LogP contribution is -1.98. The predicted octanol–water partition coefficient (Wildman–Crippen LogP) is 7.30. The smallest absolute Gasteiger partial charge is 0.141 e. The minimum absolute atomic E-state index is 0.283. The fourth-order valence-corrected chi connectivity index (χ4v) is 4.02. The highest BCUT2D eigenvalue weighted by molar-refractivity contribution is 9.11. The molecule has 5 heteroatoms. The molecule has 0 amide bonds. The van der Waals surface area contributed by atoms with E-state index in [1.807, 2.05) is 43.3 Å². The monoisotopic (exact) mass is 499 g/mol. The van der Waals surface area contributed by atoms with E-state index in [1.54, 1.807) is 18.2 Å². The summed E-state index contributed by atoms with van der Waals surface area (Å²) in [5.41, 5.74) is 4.13. The van der Waals surface area contributed by atoms with Crippen LogP contribution in [-0.4, -0.2) is 0 Å². The third-order valence-corrected chi connectivity index (χ3v) is 5.16. The summed E-state index contributed by atoms with van der Waals surface area (Å²) in [5, 5.41) is 9.66. The van der Waals surface area contributed by atoms with Gasteiger partial charge in [0.15, 0.2) is 0 Å². The standard InChI is InChI=1S/C23H16Br2FNO/c1-15-2-6-17(7-3-15)19(13-27)10-18-11-20(24)12-22(25)23(18)28-14-16-4-8-21(26)9-5-16/h2-12H,14H2,1H3/b19-10+. The second-order valence-electron chi connectivity index (χ2n) is 6.26. The Kier molecular flexibility index (Phi) is 6.66. The molecule has 0 radical (unpaired) electrons. The van der Waals surface area contributed by atoms with Gasteiger partial charge in [-0.3, -0.25) is 0 Å². The van der Waals surface area contributed by atoms with Gasteiger partial charge in [0.1, 0.15) is 18.2 Å². The number of rotatable bonds is 5. The van der Waals surface area contributed by atoms with Crippen LogP contribution < -0.4 is 4.74 Å². The average Bonchev–Trinajstić information content (AvgIpc) is 2.67. The molecule has 2 nitrogen and oxygen atoms in total. The van der Waals surface area contributed by atoms with Crippen LogP contribution in [0.25, 0.3) is 11.6 Å². The second kappa shape index (κ2) is 9.18. The molecule has 0 spiro atoms. The van der Waals surface area contributed by atoms with Gasteiger partial charge in [-0.2, -0.15) is 5.26 Å². The number of hydrogen-bond donors (Lipinski definition) is 0. The quantitative estimate of drug-likeness (QED) is 0.272. The predicted molar refractivity (Wildman–Crippen MR) is 117 cm³/mol. The number of nitrogens with zero attached hydrogens (tertiary/aromatic N) is 1. The third-order valence-electron chi connectivity index (χ3n) is 4.12. The lowest BCUT2D eigenvalue weighted by Gasteiger charge is -2.13. The molecule has 3 rings (SSSR count). The van der Waals surface area contributed by atoms with Crippen molar-refractivity contribution in [3.05, 3.63) is 97.7 Å². The van der Waals surface area contributed by atoms with Crippen molar-refractivity contribution in [3.63, 3.8) is 0 Å². The number of nitriles is 1. The molecular formula is C23H16Br2FNO. The van der Waals surface area contributed by atoms with Crippen LogP contribution in [0.4, 0.5) is 4.39 Å². The number of benzene rings is 3. The molecule has 0 unspecified atom stereocenters. The second-order valence-corrected chi connectivity index (χ2v) is 8.03. The molecule has 0 atom stereocenters. The number of hydrogen-bond acceptors (Lipinski definition) is 2. The van der Waals surface area contributed by atoms with Gasteiger partial charge in [-0.05, 0) is 64.3 Å². The molecule has 0 bridgehead atoms. The van der Waals surface area contributed by atoms with Crippen LogP contribution in [0.1, 0.15) is 22.3 Å². The van der Waals surface area contributed by atoms with E-state index in [0.717, 1.165) is 31.2 Å². The fourth-order valence-electron chi connectivity index (χ4n) is 2.64. The van der Waals surface area contributed by atoms with Crippen molar-refractivity contribution in [1.82, 2.24) is 0 Å². The van der Waals surface area contributed by atoms with Crippen molar-refractivity contribution in [2.45, 2.75) is 13.5 Å². The molecule has 0 aromatic heterocycles. The number of ether oxygens (including phenoxy) is 1. The lowest BCUT2D eigenvalue weighted by atomic mass is 10.0. The molecule has 0 saturated carbocycles. The van der Waals surface area contributed by atoms with E-state index >= 15 is 0 Å². The first-order valence-corrected chi connectivity index (χ1v) is 10.1. The zero-order chi connectivity index (χ0) is 20.1. The Morgan fingerprint density at radius 2 is 1.75 bits per heavy atom. The molecule has 0 aliphatic carbocycles. The van der Waals surface area contributed by atoms with E-state index in [0.29, 0.717) is 11.3 Å². The summed E-state index contributed by atoms with van der Waals surface area (Å²) in [6, 6.07) is 20.0. The van der Waals surface area contributed by atoms with E-state index < -0.39 is 0 Å². The van der Waals surface area contributed by atoms with E-state index in [4.69, 9.17) is 4.74 Å². The molecule has 3 aromatic rings. The first-order chi connectivity index (χ1) is 13.5. The van der Waals surface area contributed by atoms with Gasteiger partial charge in [-0.1, -0.05) is 57.9 Å². The Morgan fingerprint density at radius 3 is 2.39 bits per heavy atom. The fraction of sp³-hybridized carbons (Fsp3) is 0.0870. The highest BCUT2D eigenvalue weighted by Crippen LogP contribution is 2.36. The molecule has 0 N–H and O–H groups in total. The van der Waals surface area contributed by atoms with Gasteiger partial charge < -0.3 is 4.74 Å². The van der Waals surface area contributed by atoms with Crippen molar-refractivity contribution in [1.29, 1.82) is 5.26 Å². The minimum atomic E-state index is -0.283. The van der Waals surface area contributed by atoms with Crippen LogP contribution in [0.15, 0.2) is 69.6 Å². The van der Waals surface area contributed by atoms with E-state index in [9.17, 15) is 9.65 Å². The maximum Gasteiger partial charge on any atom is 0.141 e. The molecule has 0 fully saturated rings. The zero-order valence-corrected chi connectivity index (χ0v) is 18.2. The van der Waals surface area contributed by atoms with Crippen LogP contribution in [-0.2, 0) is 6.61 Å². The van der Waals surface area contributed by atoms with Crippen LogP contribution in [0.2, 0.25) is 0 Å². The first kappa shape index (κ1) is 20.3. The number of halogens is 3. The van der Waals surface area contributed by atoms with Gasteiger partial charge in [0.25, 0.3) is 0 Å². The highest BCUT2D eigenvalue weighted by atomic mass is 79.9. The summed E-state index contributed by atoms with van der Waals surface area (Å²) < 4.78 is 20.7. The minimum Gasteiger partial charge on any atom is -0.487 e. The van der Waals surface area contributed by atoms with Crippen molar-refractivity contribution in [2.75, 3.05) is 0 Å². The van der Waals surface area contributed by atoms with Crippen LogP contribution in [0, 0.1) is 24.1 Å².